The van der Waals surface area contributed by atoms with Gasteiger partial charge in [0, 0.05) is 19.6 Å². The summed E-state index contributed by atoms with van der Waals surface area (Å²) in [4.78, 5) is 3.75. The van der Waals surface area contributed by atoms with Gasteiger partial charge in [0.15, 0.2) is 17.1 Å². The normalized spacial score (nSPS) is 13.3. The number of aromatic nitrogens is 3. The van der Waals surface area contributed by atoms with E-state index in [1.54, 1.807) is 0 Å². The van der Waals surface area contributed by atoms with Crippen molar-refractivity contribution in [3.05, 3.63) is 5.15 Å². The molecule has 0 aromatic carbocycles. The Bertz CT molecular complexity index is 418. The third-order valence-electron chi connectivity index (χ3n) is 1.97. The number of hydrogen-bond acceptors (Lipinski definition) is 7. The average Bonchev–Trinajstić information content (AvgIpc) is 2.31. The van der Waals surface area contributed by atoms with Crippen molar-refractivity contribution >= 4 is 23.4 Å². The summed E-state index contributed by atoms with van der Waals surface area (Å²) in [5.41, 5.74) is 5.38. The van der Waals surface area contributed by atoms with Crippen molar-refractivity contribution in [2.24, 2.45) is 0 Å². The van der Waals surface area contributed by atoms with E-state index in [4.69, 9.17) is 22.4 Å². The molecule has 0 aliphatic heterocycles. The smallest absolute Gasteiger partial charge is 0.382 e. The number of nitrogens with zero attached hydrogens (tertiary/aromatic N) is 3. The molecular formula is C8H12ClF3N6O. The van der Waals surface area contributed by atoms with Crippen LogP contribution in [0.1, 0.15) is 0 Å². The highest BCUT2D eigenvalue weighted by Crippen LogP contribution is 2.19. The Labute approximate surface area is 111 Å². The molecule has 7 nitrogen and oxygen atoms in total. The van der Waals surface area contributed by atoms with E-state index in [0.29, 0.717) is 0 Å². The molecule has 0 saturated heterocycles. The number of nitrogen functional groups attached to an aromatic ring is 1. The molecule has 0 amide bonds. The summed E-state index contributed by atoms with van der Waals surface area (Å²) in [6.07, 6.45) is -7.02. The molecule has 11 heteroatoms. The summed E-state index contributed by atoms with van der Waals surface area (Å²) in [7, 11) is 0. The van der Waals surface area contributed by atoms with Gasteiger partial charge in [0.25, 0.3) is 0 Å². The lowest BCUT2D eigenvalue weighted by Crippen LogP contribution is -2.39. The molecule has 5 N–H and O–H groups in total. The SMILES string of the molecule is Nc1nc(NCCNCC(O)C(F)(F)F)nnc1Cl. The van der Waals surface area contributed by atoms with Gasteiger partial charge in [-0.05, 0) is 0 Å². The molecule has 0 radical (unpaired) electrons. The molecule has 1 atom stereocenters. The van der Waals surface area contributed by atoms with Crippen molar-refractivity contribution in [3.63, 3.8) is 0 Å². The maximum atomic E-state index is 11.9. The van der Waals surface area contributed by atoms with Crippen molar-refractivity contribution in [1.82, 2.24) is 20.5 Å². The van der Waals surface area contributed by atoms with Gasteiger partial charge in [0.2, 0.25) is 5.95 Å². The maximum absolute atomic E-state index is 11.9. The molecule has 1 unspecified atom stereocenters. The zero-order valence-corrected chi connectivity index (χ0v) is 10.3. The number of nitrogens with one attached hydrogen (secondary N) is 2. The van der Waals surface area contributed by atoms with E-state index in [-0.39, 0.29) is 30.0 Å². The van der Waals surface area contributed by atoms with E-state index in [1.165, 1.54) is 0 Å². The van der Waals surface area contributed by atoms with Crippen molar-refractivity contribution in [2.45, 2.75) is 12.3 Å². The fourth-order valence-corrected chi connectivity index (χ4v) is 1.10. The first-order valence-corrected chi connectivity index (χ1v) is 5.53. The van der Waals surface area contributed by atoms with E-state index in [0.717, 1.165) is 0 Å². The van der Waals surface area contributed by atoms with Crippen molar-refractivity contribution in [1.29, 1.82) is 0 Å². The highest BCUT2D eigenvalue weighted by Gasteiger charge is 2.37. The van der Waals surface area contributed by atoms with Crippen LogP contribution in [0.3, 0.4) is 0 Å². The van der Waals surface area contributed by atoms with Crippen LogP contribution >= 0.6 is 11.6 Å². The largest absolute Gasteiger partial charge is 0.415 e. The highest BCUT2D eigenvalue weighted by atomic mass is 35.5. The Hall–Kier alpha value is -1.39. The summed E-state index contributed by atoms with van der Waals surface area (Å²) in [5.74, 6) is 0.111. The number of nitrogens with two attached hydrogens (primary N) is 1. The quantitative estimate of drug-likeness (QED) is 0.549. The molecule has 108 valence electrons. The topological polar surface area (TPSA) is 109 Å². The molecule has 0 bridgehead atoms. The molecule has 0 aliphatic rings. The minimum atomic E-state index is -4.63. The van der Waals surface area contributed by atoms with Gasteiger partial charge < -0.3 is 21.5 Å². The Kier molecular flexibility index (Phi) is 5.51. The van der Waals surface area contributed by atoms with Crippen LogP contribution in [0.5, 0.6) is 0 Å². The second kappa shape index (κ2) is 6.68. The minimum absolute atomic E-state index is 0.000352. The third-order valence-corrected chi connectivity index (χ3v) is 2.24. The molecule has 0 saturated carbocycles. The summed E-state index contributed by atoms with van der Waals surface area (Å²) in [5, 5.41) is 20.8. The molecule has 19 heavy (non-hydrogen) atoms. The van der Waals surface area contributed by atoms with Gasteiger partial charge in [0.05, 0.1) is 0 Å². The molecule has 1 aromatic heterocycles. The predicted molar refractivity (Wildman–Crippen MR) is 62.7 cm³/mol. The van der Waals surface area contributed by atoms with Crippen molar-refractivity contribution in [3.8, 4) is 0 Å². The van der Waals surface area contributed by atoms with Crippen LogP contribution in [-0.4, -0.2) is 52.2 Å². The molecule has 0 aliphatic carbocycles. The maximum Gasteiger partial charge on any atom is 0.415 e. The van der Waals surface area contributed by atoms with Crippen LogP contribution < -0.4 is 16.4 Å². The van der Waals surface area contributed by atoms with Gasteiger partial charge in [-0.1, -0.05) is 11.6 Å². The summed E-state index contributed by atoms with van der Waals surface area (Å²) in [6.45, 7) is -0.195. The average molecular weight is 301 g/mol. The first-order valence-electron chi connectivity index (χ1n) is 5.15. The second-order valence-electron chi connectivity index (χ2n) is 3.50. The lowest BCUT2D eigenvalue weighted by molar-refractivity contribution is -0.201. The Morgan fingerprint density at radius 1 is 1.32 bits per heavy atom. The van der Waals surface area contributed by atoms with Gasteiger partial charge >= 0.3 is 6.18 Å². The van der Waals surface area contributed by atoms with E-state index < -0.39 is 18.8 Å². The summed E-state index contributed by atoms with van der Waals surface area (Å²) in [6, 6.07) is 0. The van der Waals surface area contributed by atoms with E-state index in [1.807, 2.05) is 0 Å². The summed E-state index contributed by atoms with van der Waals surface area (Å²) >= 11 is 5.51. The number of halogens is 4. The Morgan fingerprint density at radius 2 is 2.00 bits per heavy atom. The van der Waals surface area contributed by atoms with Crippen molar-refractivity contribution in [2.75, 3.05) is 30.7 Å². The first kappa shape index (κ1) is 15.7. The van der Waals surface area contributed by atoms with Crippen molar-refractivity contribution < 1.29 is 18.3 Å². The van der Waals surface area contributed by atoms with E-state index in [2.05, 4.69) is 25.8 Å². The number of alkyl halides is 3. The number of anilines is 2. The highest BCUT2D eigenvalue weighted by molar-refractivity contribution is 6.31. The Balaban J connectivity index is 2.22. The second-order valence-corrected chi connectivity index (χ2v) is 3.86. The first-order chi connectivity index (χ1) is 8.80. The lowest BCUT2D eigenvalue weighted by atomic mass is 10.3. The van der Waals surface area contributed by atoms with Gasteiger partial charge in [-0.2, -0.15) is 18.2 Å². The number of aliphatic hydroxyl groups excluding tert-OH is 1. The van der Waals surface area contributed by atoms with Gasteiger partial charge in [0.1, 0.15) is 0 Å². The monoisotopic (exact) mass is 300 g/mol. The number of hydrogen-bond donors (Lipinski definition) is 4. The van der Waals surface area contributed by atoms with Crippen LogP contribution in [-0.2, 0) is 0 Å². The zero-order valence-electron chi connectivity index (χ0n) is 9.58. The minimum Gasteiger partial charge on any atom is -0.382 e. The predicted octanol–water partition coefficient (Wildman–Crippen LogP) is 0.0319. The van der Waals surface area contributed by atoms with Gasteiger partial charge in [-0.3, -0.25) is 0 Å². The van der Waals surface area contributed by atoms with Crippen LogP contribution in [0.2, 0.25) is 5.15 Å². The molecule has 0 spiro atoms. The summed E-state index contributed by atoms with van der Waals surface area (Å²) < 4.78 is 35.8. The third kappa shape index (κ3) is 5.41. The van der Waals surface area contributed by atoms with Crippen LogP contribution in [0.25, 0.3) is 0 Å². The molecule has 0 fully saturated rings. The van der Waals surface area contributed by atoms with E-state index in [9.17, 15) is 13.2 Å². The Morgan fingerprint density at radius 3 is 2.58 bits per heavy atom. The molecule has 1 heterocycles. The fraction of sp³-hybridized carbons (Fsp3) is 0.625. The number of rotatable bonds is 6. The molecule has 1 rings (SSSR count). The fourth-order valence-electron chi connectivity index (χ4n) is 1.02. The lowest BCUT2D eigenvalue weighted by Gasteiger charge is -2.15. The molecular weight excluding hydrogens is 289 g/mol. The standard InChI is InChI=1S/C8H12ClF3N6O/c9-5-6(13)16-7(18-17-5)15-2-1-14-3-4(19)8(10,11)12/h4,14,19H,1-3H2,(H3,13,15,16,18). The molecule has 1 aromatic rings. The van der Waals surface area contributed by atoms with Crippen LogP contribution in [0.4, 0.5) is 24.9 Å². The number of aliphatic hydroxyl groups is 1. The van der Waals surface area contributed by atoms with Gasteiger partial charge in [-0.15, -0.1) is 10.2 Å². The van der Waals surface area contributed by atoms with E-state index >= 15 is 0 Å². The van der Waals surface area contributed by atoms with Crippen LogP contribution in [0, 0.1) is 0 Å². The van der Waals surface area contributed by atoms with Gasteiger partial charge in [-0.25, -0.2) is 0 Å². The zero-order chi connectivity index (χ0) is 14.5. The van der Waals surface area contributed by atoms with Crippen LogP contribution in [0.15, 0.2) is 0 Å².